The van der Waals surface area contributed by atoms with E-state index in [0.29, 0.717) is 24.5 Å². The maximum atomic E-state index is 9.47. The number of aromatic hydroxyl groups is 2. The molecule has 2 aromatic rings. The fraction of sp³-hybridized carbons (Fsp3) is 0.143. The van der Waals surface area contributed by atoms with Crippen molar-refractivity contribution in [1.29, 1.82) is 0 Å². The molecule has 0 saturated carbocycles. The molecular weight excluding hydrogens is 256 g/mol. The van der Waals surface area contributed by atoms with Crippen LogP contribution in [0.15, 0.2) is 46.6 Å². The number of nitrogens with zero attached hydrogens (tertiary/aromatic N) is 4. The summed E-state index contributed by atoms with van der Waals surface area (Å²) in [6.45, 7) is 0.917. The molecule has 2 rings (SSSR count). The Hall–Kier alpha value is -2.76. The Balaban J connectivity index is 1.82. The third kappa shape index (κ3) is 3.88. The molecule has 102 valence electrons. The zero-order chi connectivity index (χ0) is 14.2. The summed E-state index contributed by atoms with van der Waals surface area (Å²) in [5.41, 5.74) is 0.859. The molecule has 0 atom stereocenters. The first kappa shape index (κ1) is 13.7. The van der Waals surface area contributed by atoms with E-state index in [2.05, 4.69) is 20.0 Å². The highest BCUT2D eigenvalue weighted by atomic mass is 16.3. The van der Waals surface area contributed by atoms with Crippen LogP contribution in [0.3, 0.4) is 0 Å². The van der Waals surface area contributed by atoms with Crippen LogP contribution in [0.5, 0.6) is 11.5 Å². The summed E-state index contributed by atoms with van der Waals surface area (Å²) in [7, 11) is 0. The lowest BCUT2D eigenvalue weighted by Gasteiger charge is -1.96. The van der Waals surface area contributed by atoms with Crippen molar-refractivity contribution >= 4 is 12.4 Å². The zero-order valence-electron chi connectivity index (χ0n) is 10.7. The third-order valence-corrected chi connectivity index (χ3v) is 2.42. The molecule has 0 radical (unpaired) electrons. The molecule has 2 heterocycles. The summed E-state index contributed by atoms with van der Waals surface area (Å²) < 4.78 is 0. The van der Waals surface area contributed by atoms with Crippen LogP contribution >= 0.6 is 0 Å². The Morgan fingerprint density at radius 2 is 1.30 bits per heavy atom. The van der Waals surface area contributed by atoms with Crippen molar-refractivity contribution in [2.75, 3.05) is 13.1 Å². The van der Waals surface area contributed by atoms with E-state index in [1.807, 2.05) is 0 Å². The number of rotatable bonds is 5. The largest absolute Gasteiger partial charge is 0.506 e. The lowest BCUT2D eigenvalue weighted by atomic mass is 10.3. The molecule has 2 aromatic heterocycles. The van der Waals surface area contributed by atoms with Crippen molar-refractivity contribution in [2.24, 2.45) is 9.98 Å². The molecule has 0 bridgehead atoms. The van der Waals surface area contributed by atoms with Gasteiger partial charge in [0.25, 0.3) is 0 Å². The van der Waals surface area contributed by atoms with Gasteiger partial charge in [-0.25, -0.2) is 0 Å². The number of pyridine rings is 2. The van der Waals surface area contributed by atoms with E-state index in [1.165, 1.54) is 12.4 Å². The van der Waals surface area contributed by atoms with E-state index in [9.17, 15) is 10.2 Å². The lowest BCUT2D eigenvalue weighted by molar-refractivity contribution is 0.471. The van der Waals surface area contributed by atoms with Crippen LogP contribution < -0.4 is 0 Å². The van der Waals surface area contributed by atoms with Gasteiger partial charge in [-0.15, -0.1) is 0 Å². The maximum absolute atomic E-state index is 9.47. The van der Waals surface area contributed by atoms with Crippen molar-refractivity contribution in [3.8, 4) is 11.5 Å². The molecule has 0 spiro atoms. The number of aromatic nitrogens is 2. The molecule has 0 aromatic carbocycles. The standard InChI is InChI=1S/C14H14N4O2/c19-13-3-1-5-17-11(13)9-15-7-8-16-10-12-14(20)4-2-6-18-12/h1-6,9-10,19-20H,7-8H2. The van der Waals surface area contributed by atoms with Crippen LogP contribution in [0.4, 0.5) is 0 Å². The molecule has 20 heavy (non-hydrogen) atoms. The second kappa shape index (κ2) is 6.98. The molecule has 0 amide bonds. The van der Waals surface area contributed by atoms with Gasteiger partial charge in [0.1, 0.15) is 22.9 Å². The van der Waals surface area contributed by atoms with Gasteiger partial charge in [-0.1, -0.05) is 0 Å². The van der Waals surface area contributed by atoms with Crippen molar-refractivity contribution in [2.45, 2.75) is 0 Å². The van der Waals surface area contributed by atoms with Gasteiger partial charge in [-0.3, -0.25) is 20.0 Å². The molecule has 0 aliphatic carbocycles. The minimum atomic E-state index is 0.0955. The number of hydrogen-bond donors (Lipinski definition) is 2. The molecule has 0 fully saturated rings. The number of aliphatic imine (C=N–C) groups is 2. The Morgan fingerprint density at radius 1 is 0.850 bits per heavy atom. The minimum absolute atomic E-state index is 0.0955. The summed E-state index contributed by atoms with van der Waals surface area (Å²) >= 11 is 0. The SMILES string of the molecule is Oc1cccnc1C=NCCN=Cc1ncccc1O. The van der Waals surface area contributed by atoms with Gasteiger partial charge in [0, 0.05) is 12.4 Å². The maximum Gasteiger partial charge on any atom is 0.142 e. The first-order valence-electron chi connectivity index (χ1n) is 6.05. The highest BCUT2D eigenvalue weighted by Crippen LogP contribution is 2.10. The highest BCUT2D eigenvalue weighted by Gasteiger charge is 1.96. The van der Waals surface area contributed by atoms with E-state index in [-0.39, 0.29) is 11.5 Å². The van der Waals surface area contributed by atoms with Crippen LogP contribution in [0.1, 0.15) is 11.4 Å². The molecule has 6 nitrogen and oxygen atoms in total. The van der Waals surface area contributed by atoms with Crippen molar-refractivity contribution in [1.82, 2.24) is 9.97 Å². The fourth-order valence-corrected chi connectivity index (χ4v) is 1.43. The molecular formula is C14H14N4O2. The Kier molecular flexibility index (Phi) is 4.77. The van der Waals surface area contributed by atoms with E-state index >= 15 is 0 Å². The molecule has 6 heteroatoms. The van der Waals surface area contributed by atoms with Gasteiger partial charge in [-0.05, 0) is 24.3 Å². The molecule has 0 aliphatic rings. The van der Waals surface area contributed by atoms with Crippen LogP contribution in [0, 0.1) is 0 Å². The molecule has 0 saturated heterocycles. The molecule has 0 aliphatic heterocycles. The van der Waals surface area contributed by atoms with Gasteiger partial charge in [-0.2, -0.15) is 0 Å². The summed E-state index contributed by atoms with van der Waals surface area (Å²) in [5.74, 6) is 0.191. The van der Waals surface area contributed by atoms with Crippen LogP contribution in [-0.4, -0.2) is 45.7 Å². The summed E-state index contributed by atoms with van der Waals surface area (Å²) in [6.07, 6.45) is 6.18. The van der Waals surface area contributed by atoms with Crippen LogP contribution in [0.25, 0.3) is 0 Å². The average molecular weight is 270 g/mol. The number of hydrogen-bond acceptors (Lipinski definition) is 6. The van der Waals surface area contributed by atoms with Crippen molar-refractivity contribution in [3.05, 3.63) is 48.0 Å². The van der Waals surface area contributed by atoms with Gasteiger partial charge < -0.3 is 10.2 Å². The smallest absolute Gasteiger partial charge is 0.142 e. The van der Waals surface area contributed by atoms with Crippen LogP contribution in [-0.2, 0) is 0 Å². The quantitative estimate of drug-likeness (QED) is 0.635. The normalized spacial score (nSPS) is 11.4. The molecule has 0 unspecified atom stereocenters. The Labute approximate surface area is 116 Å². The van der Waals surface area contributed by atoms with Gasteiger partial charge in [0.15, 0.2) is 0 Å². The summed E-state index contributed by atoms with van der Waals surface area (Å²) in [6, 6.07) is 6.40. The predicted molar refractivity (Wildman–Crippen MR) is 76.7 cm³/mol. The van der Waals surface area contributed by atoms with E-state index in [1.54, 1.807) is 36.7 Å². The van der Waals surface area contributed by atoms with E-state index in [4.69, 9.17) is 0 Å². The third-order valence-electron chi connectivity index (χ3n) is 2.42. The fourth-order valence-electron chi connectivity index (χ4n) is 1.43. The average Bonchev–Trinajstić information content (AvgIpc) is 2.46. The Bertz CT molecular complexity index is 571. The predicted octanol–water partition coefficient (Wildman–Crippen LogP) is 1.43. The first-order valence-corrected chi connectivity index (χ1v) is 6.05. The van der Waals surface area contributed by atoms with E-state index in [0.717, 1.165) is 0 Å². The first-order chi connectivity index (χ1) is 9.77. The summed E-state index contributed by atoms with van der Waals surface area (Å²) in [4.78, 5) is 16.2. The summed E-state index contributed by atoms with van der Waals surface area (Å²) in [5, 5.41) is 18.9. The van der Waals surface area contributed by atoms with Crippen molar-refractivity contribution < 1.29 is 10.2 Å². The van der Waals surface area contributed by atoms with Gasteiger partial charge in [0.05, 0.1) is 25.5 Å². The topological polar surface area (TPSA) is 91.0 Å². The lowest BCUT2D eigenvalue weighted by Crippen LogP contribution is -1.93. The molecule has 2 N–H and O–H groups in total. The van der Waals surface area contributed by atoms with E-state index < -0.39 is 0 Å². The highest BCUT2D eigenvalue weighted by molar-refractivity contribution is 5.81. The minimum Gasteiger partial charge on any atom is -0.506 e. The van der Waals surface area contributed by atoms with Gasteiger partial charge >= 0.3 is 0 Å². The van der Waals surface area contributed by atoms with Gasteiger partial charge in [0.2, 0.25) is 0 Å². The van der Waals surface area contributed by atoms with Crippen LogP contribution in [0.2, 0.25) is 0 Å². The zero-order valence-corrected chi connectivity index (χ0v) is 10.7. The second-order valence-corrected chi connectivity index (χ2v) is 3.89. The second-order valence-electron chi connectivity index (χ2n) is 3.89. The Morgan fingerprint density at radius 3 is 1.70 bits per heavy atom. The monoisotopic (exact) mass is 270 g/mol. The van der Waals surface area contributed by atoms with Crippen molar-refractivity contribution in [3.63, 3.8) is 0 Å².